The van der Waals surface area contributed by atoms with Crippen molar-refractivity contribution in [2.45, 2.75) is 70.5 Å². The topological polar surface area (TPSA) is 54.0 Å². The highest BCUT2D eigenvalue weighted by molar-refractivity contribution is 5.77. The summed E-state index contributed by atoms with van der Waals surface area (Å²) in [5.41, 5.74) is 1.29. The van der Waals surface area contributed by atoms with E-state index in [0.29, 0.717) is 24.4 Å². The van der Waals surface area contributed by atoms with Crippen LogP contribution in [-0.2, 0) is 4.79 Å². The SMILES string of the molecule is CC(C)(C)[C@@H]1NC(=O)CC[C@H]1NC1CC(c2ccccn2)C1. The molecule has 2 atom stereocenters. The van der Waals surface area contributed by atoms with Crippen molar-refractivity contribution in [3.8, 4) is 0 Å². The van der Waals surface area contributed by atoms with Gasteiger partial charge < -0.3 is 10.6 Å². The molecule has 1 aromatic heterocycles. The van der Waals surface area contributed by atoms with Crippen molar-refractivity contribution in [3.63, 3.8) is 0 Å². The van der Waals surface area contributed by atoms with Gasteiger partial charge in [-0.3, -0.25) is 9.78 Å². The van der Waals surface area contributed by atoms with Crippen molar-refractivity contribution in [2.24, 2.45) is 5.41 Å². The zero-order chi connectivity index (χ0) is 15.7. The molecule has 2 heterocycles. The lowest BCUT2D eigenvalue weighted by molar-refractivity contribution is -0.125. The van der Waals surface area contributed by atoms with Crippen LogP contribution in [0, 0.1) is 5.41 Å². The summed E-state index contributed by atoms with van der Waals surface area (Å²) in [6.45, 7) is 6.61. The first-order valence-corrected chi connectivity index (χ1v) is 8.40. The van der Waals surface area contributed by atoms with Crippen molar-refractivity contribution >= 4 is 5.91 Å². The molecular formula is C18H27N3O. The van der Waals surface area contributed by atoms with Crippen molar-refractivity contribution in [1.82, 2.24) is 15.6 Å². The molecule has 0 spiro atoms. The molecule has 0 aromatic carbocycles. The monoisotopic (exact) mass is 301 g/mol. The van der Waals surface area contributed by atoms with Gasteiger partial charge in [0.2, 0.25) is 5.91 Å². The second kappa shape index (κ2) is 5.99. The Labute approximate surface area is 133 Å². The van der Waals surface area contributed by atoms with E-state index in [4.69, 9.17) is 0 Å². The fraction of sp³-hybridized carbons (Fsp3) is 0.667. The maximum Gasteiger partial charge on any atom is 0.220 e. The standard InChI is InChI=1S/C18H27N3O/c1-18(2,3)17-15(7-8-16(22)21-17)20-13-10-12(11-13)14-6-4-5-9-19-14/h4-6,9,12-13,15,17,20H,7-8,10-11H2,1-3H3,(H,21,22)/t12?,13?,15-,17-/m1/s1. The van der Waals surface area contributed by atoms with Crippen molar-refractivity contribution < 1.29 is 4.79 Å². The zero-order valence-corrected chi connectivity index (χ0v) is 13.8. The van der Waals surface area contributed by atoms with Gasteiger partial charge in [0.15, 0.2) is 0 Å². The molecule has 1 aliphatic carbocycles. The molecule has 1 aromatic rings. The largest absolute Gasteiger partial charge is 0.351 e. The Balaban J connectivity index is 1.56. The van der Waals surface area contributed by atoms with E-state index < -0.39 is 0 Å². The van der Waals surface area contributed by atoms with E-state index in [1.807, 2.05) is 12.3 Å². The van der Waals surface area contributed by atoms with Crippen LogP contribution in [0.25, 0.3) is 0 Å². The normalized spacial score (nSPS) is 32.2. The molecule has 1 saturated heterocycles. The Morgan fingerprint density at radius 2 is 2.05 bits per heavy atom. The molecule has 1 aliphatic heterocycles. The predicted molar refractivity (Wildman–Crippen MR) is 87.5 cm³/mol. The van der Waals surface area contributed by atoms with Gasteiger partial charge >= 0.3 is 0 Å². The third kappa shape index (κ3) is 3.32. The zero-order valence-electron chi connectivity index (χ0n) is 13.8. The number of carbonyl (C=O) groups excluding carboxylic acids is 1. The van der Waals surface area contributed by atoms with Crippen LogP contribution >= 0.6 is 0 Å². The third-order valence-electron chi connectivity index (χ3n) is 5.03. The molecule has 0 radical (unpaired) electrons. The van der Waals surface area contributed by atoms with Crippen LogP contribution in [0.1, 0.15) is 58.1 Å². The van der Waals surface area contributed by atoms with Crippen LogP contribution in [0.15, 0.2) is 24.4 Å². The van der Waals surface area contributed by atoms with E-state index in [9.17, 15) is 4.79 Å². The number of piperidine rings is 1. The molecule has 1 amide bonds. The Morgan fingerprint density at radius 3 is 2.68 bits per heavy atom. The minimum atomic E-state index is 0.0812. The van der Waals surface area contributed by atoms with Gasteiger partial charge in [-0.25, -0.2) is 0 Å². The molecule has 0 unspecified atom stereocenters. The minimum absolute atomic E-state index is 0.0812. The van der Waals surface area contributed by atoms with Crippen LogP contribution in [0.4, 0.5) is 0 Å². The van der Waals surface area contributed by atoms with Gasteiger partial charge in [0.1, 0.15) is 0 Å². The molecule has 120 valence electrons. The van der Waals surface area contributed by atoms with Gasteiger partial charge in [-0.2, -0.15) is 0 Å². The maximum atomic E-state index is 11.7. The summed E-state index contributed by atoms with van der Waals surface area (Å²) in [7, 11) is 0. The van der Waals surface area contributed by atoms with Gasteiger partial charge in [0.25, 0.3) is 0 Å². The summed E-state index contributed by atoms with van der Waals surface area (Å²) in [5.74, 6) is 0.780. The lowest BCUT2D eigenvalue weighted by Gasteiger charge is -2.45. The Bertz CT molecular complexity index is 517. The van der Waals surface area contributed by atoms with E-state index >= 15 is 0 Å². The van der Waals surface area contributed by atoms with Crippen molar-refractivity contribution in [1.29, 1.82) is 0 Å². The average Bonchev–Trinajstić information content (AvgIpc) is 2.43. The van der Waals surface area contributed by atoms with Gasteiger partial charge in [-0.1, -0.05) is 26.8 Å². The molecule has 1 saturated carbocycles. The number of rotatable bonds is 3. The molecular weight excluding hydrogens is 274 g/mol. The van der Waals surface area contributed by atoms with Gasteiger partial charge in [0, 0.05) is 42.4 Å². The molecule has 4 heteroatoms. The van der Waals surface area contributed by atoms with E-state index in [-0.39, 0.29) is 17.4 Å². The molecule has 2 aliphatic rings. The molecule has 22 heavy (non-hydrogen) atoms. The van der Waals surface area contributed by atoms with E-state index in [2.05, 4.69) is 48.5 Å². The third-order valence-corrected chi connectivity index (χ3v) is 5.03. The number of hydrogen-bond donors (Lipinski definition) is 2. The molecule has 2 N–H and O–H groups in total. The number of hydrogen-bond acceptors (Lipinski definition) is 3. The van der Waals surface area contributed by atoms with Crippen LogP contribution < -0.4 is 10.6 Å². The number of carbonyl (C=O) groups is 1. The molecule has 3 rings (SSSR count). The molecule has 0 bridgehead atoms. The maximum absolute atomic E-state index is 11.7. The number of pyridine rings is 1. The first-order chi connectivity index (χ1) is 10.4. The van der Waals surface area contributed by atoms with Crippen LogP contribution in [0.5, 0.6) is 0 Å². The number of nitrogens with one attached hydrogen (secondary N) is 2. The number of aromatic nitrogens is 1. The smallest absolute Gasteiger partial charge is 0.220 e. The van der Waals surface area contributed by atoms with Crippen LogP contribution in [0.2, 0.25) is 0 Å². The second-order valence-electron chi connectivity index (χ2n) is 7.84. The lowest BCUT2D eigenvalue weighted by atomic mass is 9.74. The fourth-order valence-corrected chi connectivity index (χ4v) is 3.71. The van der Waals surface area contributed by atoms with Crippen molar-refractivity contribution in [2.75, 3.05) is 0 Å². The molecule has 2 fully saturated rings. The summed E-state index contributed by atoms with van der Waals surface area (Å²) in [6.07, 6.45) is 5.76. The minimum Gasteiger partial charge on any atom is -0.351 e. The summed E-state index contributed by atoms with van der Waals surface area (Å²) in [5, 5.41) is 6.98. The summed E-state index contributed by atoms with van der Waals surface area (Å²) >= 11 is 0. The average molecular weight is 301 g/mol. The number of amides is 1. The van der Waals surface area contributed by atoms with Crippen LogP contribution in [0.3, 0.4) is 0 Å². The highest BCUT2D eigenvalue weighted by Gasteiger charge is 2.40. The summed E-state index contributed by atoms with van der Waals surface area (Å²) < 4.78 is 0. The highest BCUT2D eigenvalue weighted by atomic mass is 16.1. The van der Waals surface area contributed by atoms with Gasteiger partial charge in [0.05, 0.1) is 0 Å². The number of nitrogens with zero attached hydrogens (tertiary/aromatic N) is 1. The first kappa shape index (κ1) is 15.5. The second-order valence-corrected chi connectivity index (χ2v) is 7.84. The quantitative estimate of drug-likeness (QED) is 0.902. The predicted octanol–water partition coefficient (Wildman–Crippen LogP) is 2.61. The fourth-order valence-electron chi connectivity index (χ4n) is 3.71. The van der Waals surface area contributed by atoms with Gasteiger partial charge in [-0.15, -0.1) is 0 Å². The van der Waals surface area contributed by atoms with Gasteiger partial charge in [-0.05, 0) is 36.8 Å². The summed E-state index contributed by atoms with van der Waals surface area (Å²) in [6, 6.07) is 7.30. The van der Waals surface area contributed by atoms with Crippen LogP contribution in [-0.4, -0.2) is 29.0 Å². The Kier molecular flexibility index (Phi) is 4.22. The highest BCUT2D eigenvalue weighted by Crippen LogP contribution is 2.37. The van der Waals surface area contributed by atoms with E-state index in [1.54, 1.807) is 0 Å². The van der Waals surface area contributed by atoms with E-state index in [0.717, 1.165) is 19.3 Å². The lowest BCUT2D eigenvalue weighted by Crippen LogP contribution is -2.62. The Morgan fingerprint density at radius 1 is 1.27 bits per heavy atom. The first-order valence-electron chi connectivity index (χ1n) is 8.40. The summed E-state index contributed by atoms with van der Waals surface area (Å²) in [4.78, 5) is 16.2. The Hall–Kier alpha value is -1.42. The van der Waals surface area contributed by atoms with Crippen molar-refractivity contribution in [3.05, 3.63) is 30.1 Å². The molecule has 4 nitrogen and oxygen atoms in total. The van der Waals surface area contributed by atoms with E-state index in [1.165, 1.54) is 5.69 Å².